The molecule has 0 heterocycles. The van der Waals surface area contributed by atoms with Crippen LogP contribution < -0.4 is 0 Å². The maximum atomic E-state index is 11.6. The van der Waals surface area contributed by atoms with Crippen LogP contribution in [-0.2, 0) is 11.2 Å². The highest BCUT2D eigenvalue weighted by Crippen LogP contribution is 2.31. The Morgan fingerprint density at radius 1 is 1.16 bits per heavy atom. The van der Waals surface area contributed by atoms with Crippen LogP contribution in [-0.4, -0.2) is 11.1 Å². The molecule has 0 saturated heterocycles. The molecule has 2 heteroatoms. The van der Waals surface area contributed by atoms with Crippen LogP contribution in [0.15, 0.2) is 24.3 Å². The average Bonchev–Trinajstić information content (AvgIpc) is 2.66. The van der Waals surface area contributed by atoms with E-state index in [4.69, 9.17) is 0 Å². The van der Waals surface area contributed by atoms with Crippen molar-refractivity contribution in [1.82, 2.24) is 0 Å². The van der Waals surface area contributed by atoms with E-state index in [0.29, 0.717) is 12.3 Å². The number of carboxylic acid groups (broad SMARTS) is 1. The molecule has 2 rings (SSSR count). The Hall–Kier alpha value is -1.31. The molecule has 1 saturated carbocycles. The summed E-state index contributed by atoms with van der Waals surface area (Å²) < 4.78 is 0. The van der Waals surface area contributed by atoms with Crippen molar-refractivity contribution >= 4 is 5.97 Å². The van der Waals surface area contributed by atoms with Crippen LogP contribution in [0.4, 0.5) is 0 Å². The summed E-state index contributed by atoms with van der Waals surface area (Å²) in [6.45, 7) is 2.06. The van der Waals surface area contributed by atoms with Gasteiger partial charge in [-0.25, -0.2) is 0 Å². The predicted molar refractivity (Wildman–Crippen MR) is 77.2 cm³/mol. The van der Waals surface area contributed by atoms with Crippen LogP contribution >= 0.6 is 0 Å². The minimum Gasteiger partial charge on any atom is -0.481 e. The highest BCUT2D eigenvalue weighted by molar-refractivity contribution is 5.70. The quantitative estimate of drug-likeness (QED) is 0.823. The monoisotopic (exact) mass is 260 g/mol. The molecule has 0 radical (unpaired) electrons. The van der Waals surface area contributed by atoms with Gasteiger partial charge in [0.1, 0.15) is 0 Å². The minimum absolute atomic E-state index is 0.208. The Balaban J connectivity index is 2.06. The van der Waals surface area contributed by atoms with Crippen molar-refractivity contribution in [2.24, 2.45) is 11.8 Å². The third kappa shape index (κ3) is 4.09. The lowest BCUT2D eigenvalue weighted by molar-refractivity contribution is -0.143. The number of aryl methyl sites for hydroxylation is 1. The van der Waals surface area contributed by atoms with Crippen molar-refractivity contribution in [2.75, 3.05) is 0 Å². The third-order valence-electron chi connectivity index (χ3n) is 4.36. The first-order valence-corrected chi connectivity index (χ1v) is 7.45. The molecule has 0 bridgehead atoms. The molecule has 19 heavy (non-hydrogen) atoms. The molecule has 1 N–H and O–H groups in total. The Bertz CT molecular complexity index is 400. The molecular formula is C17H24O2. The zero-order valence-electron chi connectivity index (χ0n) is 11.8. The van der Waals surface area contributed by atoms with E-state index in [2.05, 4.69) is 31.2 Å². The Morgan fingerprint density at radius 3 is 2.26 bits per heavy atom. The van der Waals surface area contributed by atoms with Gasteiger partial charge in [-0.2, -0.15) is 0 Å². The smallest absolute Gasteiger partial charge is 0.307 e. The third-order valence-corrected chi connectivity index (χ3v) is 4.36. The lowest BCUT2D eigenvalue weighted by Gasteiger charge is -2.22. The SMILES string of the molecule is Cc1ccc(CC(C(=O)O)C2CCCCCC2)cc1. The van der Waals surface area contributed by atoms with Crippen molar-refractivity contribution < 1.29 is 9.90 Å². The minimum atomic E-state index is -0.618. The van der Waals surface area contributed by atoms with Gasteiger partial charge in [0.05, 0.1) is 5.92 Å². The number of hydrogen-bond acceptors (Lipinski definition) is 1. The van der Waals surface area contributed by atoms with Gasteiger partial charge in [-0.3, -0.25) is 4.79 Å². The van der Waals surface area contributed by atoms with Gasteiger partial charge in [0, 0.05) is 0 Å². The molecule has 1 aromatic rings. The zero-order chi connectivity index (χ0) is 13.7. The van der Waals surface area contributed by atoms with Gasteiger partial charge < -0.3 is 5.11 Å². The number of carbonyl (C=O) groups is 1. The number of hydrogen-bond donors (Lipinski definition) is 1. The van der Waals surface area contributed by atoms with Crippen molar-refractivity contribution in [2.45, 2.75) is 51.9 Å². The van der Waals surface area contributed by atoms with E-state index in [1.54, 1.807) is 0 Å². The van der Waals surface area contributed by atoms with Crippen LogP contribution in [0.25, 0.3) is 0 Å². The van der Waals surface area contributed by atoms with E-state index >= 15 is 0 Å². The van der Waals surface area contributed by atoms with Gasteiger partial charge in [-0.1, -0.05) is 55.5 Å². The van der Waals surface area contributed by atoms with E-state index in [-0.39, 0.29) is 5.92 Å². The molecule has 0 amide bonds. The summed E-state index contributed by atoms with van der Waals surface area (Å²) in [6, 6.07) is 8.28. The lowest BCUT2D eigenvalue weighted by Crippen LogP contribution is -2.25. The Labute approximate surface area is 115 Å². The maximum Gasteiger partial charge on any atom is 0.307 e. The predicted octanol–water partition coefficient (Wildman–Crippen LogP) is 4.21. The standard InChI is InChI=1S/C17H24O2/c1-13-8-10-14(11-9-13)12-16(17(18)19)15-6-4-2-3-5-7-15/h8-11,15-16H,2-7,12H2,1H3,(H,18,19). The molecule has 2 nitrogen and oxygen atoms in total. The van der Waals surface area contributed by atoms with E-state index in [0.717, 1.165) is 18.4 Å². The summed E-state index contributed by atoms with van der Waals surface area (Å²) >= 11 is 0. The molecule has 1 fully saturated rings. The van der Waals surface area contributed by atoms with Crippen LogP contribution in [0.3, 0.4) is 0 Å². The second-order valence-electron chi connectivity index (χ2n) is 5.89. The largest absolute Gasteiger partial charge is 0.481 e. The van der Waals surface area contributed by atoms with Gasteiger partial charge in [0.25, 0.3) is 0 Å². The molecular weight excluding hydrogens is 236 g/mol. The zero-order valence-corrected chi connectivity index (χ0v) is 11.8. The molecule has 104 valence electrons. The summed E-state index contributed by atoms with van der Waals surface area (Å²) in [4.78, 5) is 11.6. The van der Waals surface area contributed by atoms with Crippen molar-refractivity contribution in [3.63, 3.8) is 0 Å². The number of aliphatic carboxylic acids is 1. The molecule has 1 unspecified atom stereocenters. The normalized spacial score (nSPS) is 18.8. The Kier molecular flexibility index (Phi) is 5.00. The van der Waals surface area contributed by atoms with Gasteiger partial charge in [0.2, 0.25) is 0 Å². The Morgan fingerprint density at radius 2 is 1.74 bits per heavy atom. The van der Waals surface area contributed by atoms with Gasteiger partial charge in [-0.15, -0.1) is 0 Å². The summed E-state index contributed by atoms with van der Waals surface area (Å²) in [5, 5.41) is 9.53. The first-order chi connectivity index (χ1) is 9.16. The molecule has 0 aromatic heterocycles. The van der Waals surface area contributed by atoms with Crippen molar-refractivity contribution in [1.29, 1.82) is 0 Å². The first kappa shape index (κ1) is 14.1. The summed E-state index contributed by atoms with van der Waals surface area (Å²) in [7, 11) is 0. The molecule has 1 atom stereocenters. The topological polar surface area (TPSA) is 37.3 Å². The summed E-state index contributed by atoms with van der Waals surface area (Å²) in [5.74, 6) is -0.463. The van der Waals surface area contributed by atoms with E-state index < -0.39 is 5.97 Å². The molecule has 1 aromatic carbocycles. The average molecular weight is 260 g/mol. The maximum absolute atomic E-state index is 11.6. The first-order valence-electron chi connectivity index (χ1n) is 7.45. The lowest BCUT2D eigenvalue weighted by atomic mass is 9.82. The van der Waals surface area contributed by atoms with Gasteiger partial charge >= 0.3 is 5.97 Å². The van der Waals surface area contributed by atoms with E-state index in [9.17, 15) is 9.90 Å². The molecule has 1 aliphatic rings. The number of carboxylic acids is 1. The van der Waals surface area contributed by atoms with E-state index in [1.165, 1.54) is 31.2 Å². The fourth-order valence-corrected chi connectivity index (χ4v) is 3.15. The second-order valence-corrected chi connectivity index (χ2v) is 5.89. The fourth-order valence-electron chi connectivity index (χ4n) is 3.15. The molecule has 1 aliphatic carbocycles. The van der Waals surface area contributed by atoms with Crippen LogP contribution in [0.1, 0.15) is 49.7 Å². The van der Waals surface area contributed by atoms with Crippen molar-refractivity contribution in [3.05, 3.63) is 35.4 Å². The fraction of sp³-hybridized carbons (Fsp3) is 0.588. The van der Waals surface area contributed by atoms with Gasteiger partial charge in [0.15, 0.2) is 0 Å². The number of rotatable bonds is 4. The van der Waals surface area contributed by atoms with Crippen LogP contribution in [0, 0.1) is 18.8 Å². The van der Waals surface area contributed by atoms with Crippen LogP contribution in [0.2, 0.25) is 0 Å². The number of benzene rings is 1. The van der Waals surface area contributed by atoms with Crippen molar-refractivity contribution in [3.8, 4) is 0 Å². The van der Waals surface area contributed by atoms with Crippen LogP contribution in [0.5, 0.6) is 0 Å². The highest BCUT2D eigenvalue weighted by Gasteiger charge is 2.28. The molecule has 0 spiro atoms. The summed E-state index contributed by atoms with van der Waals surface area (Å²) in [5.41, 5.74) is 2.38. The molecule has 0 aliphatic heterocycles. The van der Waals surface area contributed by atoms with Gasteiger partial charge in [-0.05, 0) is 37.7 Å². The second kappa shape index (κ2) is 6.74. The summed E-state index contributed by atoms with van der Waals surface area (Å²) in [6.07, 6.45) is 7.79. The highest BCUT2D eigenvalue weighted by atomic mass is 16.4. The van der Waals surface area contributed by atoms with E-state index in [1.807, 2.05) is 0 Å².